The molecule has 0 aliphatic carbocycles. The summed E-state index contributed by atoms with van der Waals surface area (Å²) in [6.07, 6.45) is -0.750. The maximum atomic E-state index is 10.8. The minimum absolute atomic E-state index is 0.296. The number of anilines is 1. The van der Waals surface area contributed by atoms with Gasteiger partial charge in [-0.05, 0) is 13.0 Å². The van der Waals surface area contributed by atoms with Gasteiger partial charge in [0.15, 0.2) is 0 Å². The highest BCUT2D eigenvalue weighted by molar-refractivity contribution is 7.90. The van der Waals surface area contributed by atoms with Crippen LogP contribution in [0.1, 0.15) is 18.6 Å². The molecule has 1 rings (SSSR count). The molecule has 1 aromatic rings. The lowest BCUT2D eigenvalue weighted by molar-refractivity contribution is 0.200. The molecule has 0 saturated carbocycles. The van der Waals surface area contributed by atoms with Gasteiger partial charge in [-0.25, -0.2) is 5.14 Å². The van der Waals surface area contributed by atoms with Gasteiger partial charge in [-0.1, -0.05) is 18.2 Å². The smallest absolute Gasteiger partial charge is 0.296 e. The Bertz CT molecular complexity index is 414. The van der Waals surface area contributed by atoms with Crippen LogP contribution in [0.2, 0.25) is 0 Å². The highest BCUT2D eigenvalue weighted by atomic mass is 32.2. The summed E-state index contributed by atoms with van der Waals surface area (Å²) in [4.78, 5) is 0. The molecule has 5 nitrogen and oxygen atoms in total. The van der Waals surface area contributed by atoms with Crippen molar-refractivity contribution in [3.8, 4) is 0 Å². The van der Waals surface area contributed by atoms with Gasteiger partial charge in [0.2, 0.25) is 0 Å². The van der Waals surface area contributed by atoms with Crippen LogP contribution in [-0.4, -0.2) is 13.5 Å². The Balaban J connectivity index is 3.08. The molecule has 4 N–H and O–H groups in total. The van der Waals surface area contributed by atoms with Gasteiger partial charge in [-0.15, -0.1) is 0 Å². The summed E-state index contributed by atoms with van der Waals surface area (Å²) in [5.74, 6) is 0. The molecule has 0 aliphatic heterocycles. The second kappa shape index (κ2) is 3.95. The van der Waals surface area contributed by atoms with E-state index in [1.165, 1.54) is 6.07 Å². The van der Waals surface area contributed by atoms with E-state index in [4.69, 9.17) is 5.14 Å². The third kappa shape index (κ3) is 2.99. The molecule has 0 aromatic heterocycles. The predicted octanol–water partition coefficient (Wildman–Crippen LogP) is 0.355. The van der Waals surface area contributed by atoms with Gasteiger partial charge < -0.3 is 5.11 Å². The molecule has 78 valence electrons. The molecule has 0 aliphatic rings. The van der Waals surface area contributed by atoms with E-state index in [2.05, 4.69) is 4.72 Å². The average molecular weight is 216 g/mol. The number of aliphatic hydroxyl groups is 1. The van der Waals surface area contributed by atoms with Crippen LogP contribution in [0, 0.1) is 0 Å². The van der Waals surface area contributed by atoms with E-state index in [0.717, 1.165) is 0 Å². The number of nitrogens with two attached hydrogens (primary N) is 1. The first-order chi connectivity index (χ1) is 6.40. The molecule has 0 bridgehead atoms. The zero-order valence-electron chi connectivity index (χ0n) is 7.64. The van der Waals surface area contributed by atoms with Crippen LogP contribution in [0.15, 0.2) is 24.3 Å². The SMILES string of the molecule is CC(O)c1ccccc1NS(N)(=O)=O. The first kappa shape index (κ1) is 11.0. The Hall–Kier alpha value is -1.11. The molecular weight excluding hydrogens is 204 g/mol. The highest BCUT2D eigenvalue weighted by Crippen LogP contribution is 2.22. The molecular formula is C8H12N2O3S. The van der Waals surface area contributed by atoms with Crippen LogP contribution >= 0.6 is 0 Å². The van der Waals surface area contributed by atoms with Gasteiger partial charge >= 0.3 is 0 Å². The van der Waals surface area contributed by atoms with Crippen LogP contribution in [0.5, 0.6) is 0 Å². The lowest BCUT2D eigenvalue weighted by Crippen LogP contribution is -2.22. The molecule has 0 radical (unpaired) electrons. The molecule has 1 aromatic carbocycles. The zero-order valence-corrected chi connectivity index (χ0v) is 8.45. The summed E-state index contributed by atoms with van der Waals surface area (Å²) in [6, 6.07) is 6.51. The van der Waals surface area contributed by atoms with Crippen LogP contribution in [-0.2, 0) is 10.2 Å². The van der Waals surface area contributed by atoms with Crippen molar-refractivity contribution >= 4 is 15.9 Å². The number of para-hydroxylation sites is 1. The van der Waals surface area contributed by atoms with Gasteiger partial charge in [0.1, 0.15) is 0 Å². The van der Waals surface area contributed by atoms with E-state index in [1.54, 1.807) is 25.1 Å². The second-order valence-electron chi connectivity index (χ2n) is 2.91. The highest BCUT2D eigenvalue weighted by Gasteiger charge is 2.10. The van der Waals surface area contributed by atoms with Crippen molar-refractivity contribution in [3.63, 3.8) is 0 Å². The number of rotatable bonds is 3. The monoisotopic (exact) mass is 216 g/mol. The molecule has 0 heterocycles. The summed E-state index contributed by atoms with van der Waals surface area (Å²) in [6.45, 7) is 1.55. The fourth-order valence-electron chi connectivity index (χ4n) is 1.11. The minimum atomic E-state index is -3.79. The maximum Gasteiger partial charge on any atom is 0.296 e. The van der Waals surface area contributed by atoms with Crippen LogP contribution < -0.4 is 9.86 Å². The molecule has 0 fully saturated rings. The molecule has 1 unspecified atom stereocenters. The largest absolute Gasteiger partial charge is 0.389 e. The van der Waals surface area contributed by atoms with Crippen molar-refractivity contribution in [3.05, 3.63) is 29.8 Å². The molecule has 0 amide bonds. The average Bonchev–Trinajstić information content (AvgIpc) is 2.01. The number of benzene rings is 1. The topological polar surface area (TPSA) is 92.4 Å². The number of aliphatic hydroxyl groups excluding tert-OH is 1. The van der Waals surface area contributed by atoms with Crippen LogP contribution in [0.25, 0.3) is 0 Å². The Kier molecular flexibility index (Phi) is 3.10. The third-order valence-electron chi connectivity index (χ3n) is 1.66. The molecule has 0 spiro atoms. The lowest BCUT2D eigenvalue weighted by atomic mass is 10.1. The Morgan fingerprint density at radius 1 is 1.43 bits per heavy atom. The minimum Gasteiger partial charge on any atom is -0.389 e. The summed E-state index contributed by atoms with van der Waals surface area (Å²) in [5, 5.41) is 14.1. The van der Waals surface area contributed by atoms with E-state index in [1.807, 2.05) is 0 Å². The van der Waals surface area contributed by atoms with Crippen LogP contribution in [0.3, 0.4) is 0 Å². The van der Waals surface area contributed by atoms with Gasteiger partial charge in [0.05, 0.1) is 11.8 Å². The van der Waals surface area contributed by atoms with Crippen molar-refractivity contribution in [1.82, 2.24) is 0 Å². The second-order valence-corrected chi connectivity index (χ2v) is 4.20. The van der Waals surface area contributed by atoms with Crippen LogP contribution in [0.4, 0.5) is 5.69 Å². The summed E-state index contributed by atoms with van der Waals surface area (Å²) < 4.78 is 23.6. The molecule has 1 atom stereocenters. The number of hydrogen-bond acceptors (Lipinski definition) is 3. The Labute approximate surface area is 82.7 Å². The first-order valence-electron chi connectivity index (χ1n) is 3.97. The van der Waals surface area contributed by atoms with Crippen molar-refractivity contribution in [2.24, 2.45) is 5.14 Å². The van der Waals surface area contributed by atoms with Gasteiger partial charge in [-0.3, -0.25) is 4.72 Å². The van der Waals surface area contributed by atoms with Crippen molar-refractivity contribution < 1.29 is 13.5 Å². The molecule has 14 heavy (non-hydrogen) atoms. The quantitative estimate of drug-likeness (QED) is 0.681. The van der Waals surface area contributed by atoms with Crippen molar-refractivity contribution in [2.75, 3.05) is 4.72 Å². The summed E-state index contributed by atoms with van der Waals surface area (Å²) in [5.41, 5.74) is 0.784. The Morgan fingerprint density at radius 2 is 2.00 bits per heavy atom. The van der Waals surface area contributed by atoms with Gasteiger partial charge in [0, 0.05) is 5.56 Å². The lowest BCUT2D eigenvalue weighted by Gasteiger charge is -2.11. The zero-order chi connectivity index (χ0) is 10.8. The Morgan fingerprint density at radius 3 is 2.50 bits per heavy atom. The summed E-state index contributed by atoms with van der Waals surface area (Å²) in [7, 11) is -3.79. The van der Waals surface area contributed by atoms with Crippen molar-refractivity contribution in [2.45, 2.75) is 13.0 Å². The molecule has 6 heteroatoms. The number of nitrogens with one attached hydrogen (secondary N) is 1. The normalized spacial score (nSPS) is 13.6. The van der Waals surface area contributed by atoms with E-state index in [9.17, 15) is 13.5 Å². The standard InChI is InChI=1S/C8H12N2O3S/c1-6(11)7-4-2-3-5-8(7)10-14(9,12)13/h2-6,10-11H,1H3,(H2,9,12,13). The van der Waals surface area contributed by atoms with E-state index >= 15 is 0 Å². The first-order valence-corrected chi connectivity index (χ1v) is 5.52. The van der Waals surface area contributed by atoms with Crippen molar-refractivity contribution in [1.29, 1.82) is 0 Å². The fourth-order valence-corrected chi connectivity index (χ4v) is 1.60. The predicted molar refractivity (Wildman–Crippen MR) is 53.8 cm³/mol. The maximum absolute atomic E-state index is 10.8. The van der Waals surface area contributed by atoms with E-state index < -0.39 is 16.3 Å². The molecule has 0 saturated heterocycles. The van der Waals surface area contributed by atoms with E-state index in [0.29, 0.717) is 11.3 Å². The third-order valence-corrected chi connectivity index (χ3v) is 2.17. The van der Waals surface area contributed by atoms with Gasteiger partial charge in [0.25, 0.3) is 10.2 Å². The number of hydrogen-bond donors (Lipinski definition) is 3. The van der Waals surface area contributed by atoms with Gasteiger partial charge in [-0.2, -0.15) is 8.42 Å². The van der Waals surface area contributed by atoms with E-state index in [-0.39, 0.29) is 0 Å². The fraction of sp³-hybridized carbons (Fsp3) is 0.250. The summed E-state index contributed by atoms with van der Waals surface area (Å²) >= 11 is 0.